The summed E-state index contributed by atoms with van der Waals surface area (Å²) in [6, 6.07) is 16.4. The van der Waals surface area contributed by atoms with Crippen molar-refractivity contribution in [3.63, 3.8) is 0 Å². The van der Waals surface area contributed by atoms with Crippen molar-refractivity contribution in [2.45, 2.75) is 0 Å². The lowest BCUT2D eigenvalue weighted by molar-refractivity contribution is 0.103. The Balaban J connectivity index is 2.28. The Kier molecular flexibility index (Phi) is 3.01. The first-order chi connectivity index (χ1) is 7.81. The number of methoxy groups -OCH3 is 1. The number of hydrogen-bond donors (Lipinski definition) is 0. The lowest BCUT2D eigenvalue weighted by Crippen LogP contribution is -2.00. The van der Waals surface area contributed by atoms with Crippen molar-refractivity contribution < 1.29 is 9.53 Å². The Hall–Kier alpha value is -2.09. The van der Waals surface area contributed by atoms with Gasteiger partial charge in [-0.05, 0) is 24.3 Å². The van der Waals surface area contributed by atoms with E-state index in [1.54, 1.807) is 31.4 Å². The van der Waals surface area contributed by atoms with E-state index in [4.69, 9.17) is 4.74 Å². The second kappa shape index (κ2) is 4.62. The van der Waals surface area contributed by atoms with Crippen LogP contribution in [0.25, 0.3) is 0 Å². The molecule has 0 spiro atoms. The molecule has 2 heteroatoms. The molecule has 0 N–H and O–H groups in total. The van der Waals surface area contributed by atoms with Gasteiger partial charge in [0.05, 0.1) is 7.11 Å². The van der Waals surface area contributed by atoms with Crippen LogP contribution in [0.4, 0.5) is 0 Å². The van der Waals surface area contributed by atoms with Crippen LogP contribution in [0.3, 0.4) is 0 Å². The first kappa shape index (κ1) is 10.4. The van der Waals surface area contributed by atoms with E-state index >= 15 is 0 Å². The first-order valence-electron chi connectivity index (χ1n) is 5.05. The molecule has 2 nitrogen and oxygen atoms in total. The van der Waals surface area contributed by atoms with Crippen molar-refractivity contribution in [1.29, 1.82) is 0 Å². The van der Waals surface area contributed by atoms with Gasteiger partial charge in [0.15, 0.2) is 5.78 Å². The van der Waals surface area contributed by atoms with Crippen molar-refractivity contribution in [2.75, 3.05) is 7.11 Å². The highest BCUT2D eigenvalue weighted by molar-refractivity contribution is 6.08. The minimum atomic E-state index is 0.0308. The Morgan fingerprint density at radius 1 is 0.875 bits per heavy atom. The van der Waals surface area contributed by atoms with E-state index in [-0.39, 0.29) is 5.78 Å². The number of carbonyl (C=O) groups excluding carboxylic acids is 1. The predicted octanol–water partition coefficient (Wildman–Crippen LogP) is 2.93. The number of benzene rings is 2. The van der Waals surface area contributed by atoms with Crippen molar-refractivity contribution in [2.24, 2.45) is 0 Å². The lowest BCUT2D eigenvalue weighted by atomic mass is 9.70. The van der Waals surface area contributed by atoms with E-state index in [2.05, 4.69) is 0 Å². The summed E-state index contributed by atoms with van der Waals surface area (Å²) in [6.45, 7) is 0. The first-order valence-corrected chi connectivity index (χ1v) is 5.05. The minimum Gasteiger partial charge on any atom is -0.497 e. The van der Waals surface area contributed by atoms with Crippen LogP contribution in [0, 0.1) is 0 Å². The van der Waals surface area contributed by atoms with E-state index in [1.807, 2.05) is 30.3 Å². The SMILES string of the molecule is COc1ccc([11C](=O)c2ccccc2)cc1. The maximum Gasteiger partial charge on any atom is 0.193 e. The highest BCUT2D eigenvalue weighted by atomic mass is 16.5. The van der Waals surface area contributed by atoms with Crippen LogP contribution in [-0.2, 0) is 0 Å². The second-order valence-corrected chi connectivity index (χ2v) is 3.42. The Labute approximate surface area is 94.5 Å². The van der Waals surface area contributed by atoms with Crippen LogP contribution in [0.15, 0.2) is 54.6 Å². The van der Waals surface area contributed by atoms with Gasteiger partial charge < -0.3 is 4.74 Å². The standard InChI is InChI=1S/C14H12O2/c1-16-13-9-7-12(8-10-13)14(15)11-5-3-2-4-6-11/h2-10H,1H3/i14-1. The molecule has 0 amide bonds. The van der Waals surface area contributed by atoms with Gasteiger partial charge in [0.1, 0.15) is 5.75 Å². The molecule has 0 fully saturated rings. The fourth-order valence-corrected chi connectivity index (χ4v) is 1.50. The van der Waals surface area contributed by atoms with Gasteiger partial charge in [0, 0.05) is 11.1 Å². The molecule has 80 valence electrons. The Morgan fingerprint density at radius 2 is 1.44 bits per heavy atom. The van der Waals surface area contributed by atoms with Crippen LogP contribution < -0.4 is 4.74 Å². The molecule has 0 saturated heterocycles. The fraction of sp³-hybridized carbons (Fsp3) is 0.0714. The Morgan fingerprint density at radius 3 is 2.00 bits per heavy atom. The molecule has 0 bridgehead atoms. The van der Waals surface area contributed by atoms with Gasteiger partial charge in [-0.25, -0.2) is 0 Å². The summed E-state index contributed by atoms with van der Waals surface area (Å²) in [4.78, 5) is 12.0. The van der Waals surface area contributed by atoms with Gasteiger partial charge in [0.25, 0.3) is 0 Å². The molecule has 0 aromatic heterocycles. The second-order valence-electron chi connectivity index (χ2n) is 3.42. The molecule has 2 aromatic carbocycles. The quantitative estimate of drug-likeness (QED) is 0.729. The summed E-state index contributed by atoms with van der Waals surface area (Å²) in [5.74, 6) is 0.785. The molecule has 0 saturated carbocycles. The maximum absolute atomic E-state index is 12.0. The lowest BCUT2D eigenvalue weighted by Gasteiger charge is -2.02. The maximum atomic E-state index is 12.0. The molecule has 0 heterocycles. The van der Waals surface area contributed by atoms with Crippen molar-refractivity contribution in [1.82, 2.24) is 0 Å². The minimum absolute atomic E-state index is 0.0308. The predicted molar refractivity (Wildman–Crippen MR) is 62.9 cm³/mol. The summed E-state index contributed by atoms with van der Waals surface area (Å²) in [5.41, 5.74) is 1.37. The zero-order valence-corrected chi connectivity index (χ0v) is 9.01. The van der Waals surface area contributed by atoms with Gasteiger partial charge in [-0.15, -0.1) is 0 Å². The third-order valence-electron chi connectivity index (χ3n) is 2.39. The van der Waals surface area contributed by atoms with E-state index in [9.17, 15) is 4.79 Å². The Bertz CT molecular complexity index is 472. The van der Waals surface area contributed by atoms with E-state index in [0.29, 0.717) is 11.1 Å². The molecule has 0 aliphatic heterocycles. The molecule has 0 atom stereocenters. The van der Waals surface area contributed by atoms with E-state index in [1.165, 1.54) is 0 Å². The third-order valence-corrected chi connectivity index (χ3v) is 2.39. The molecule has 2 aromatic rings. The van der Waals surface area contributed by atoms with E-state index < -0.39 is 0 Å². The van der Waals surface area contributed by atoms with Gasteiger partial charge in [-0.1, -0.05) is 30.3 Å². The van der Waals surface area contributed by atoms with Crippen LogP contribution in [0.1, 0.15) is 15.9 Å². The number of ketones is 1. The largest absolute Gasteiger partial charge is 0.497 e. The molecule has 0 aliphatic rings. The zero-order valence-electron chi connectivity index (χ0n) is 9.01. The molecular weight excluding hydrogens is 199 g/mol. The summed E-state index contributed by atoms with van der Waals surface area (Å²) in [6.07, 6.45) is 0. The number of carbonyl (C=O) groups is 1. The molecular formula is C14H12O2. The molecule has 0 unspecified atom stereocenters. The van der Waals surface area contributed by atoms with Crippen molar-refractivity contribution in [3.8, 4) is 5.75 Å². The molecule has 16 heavy (non-hydrogen) atoms. The average Bonchev–Trinajstić information content (AvgIpc) is 2.39. The fourth-order valence-electron chi connectivity index (χ4n) is 1.50. The van der Waals surface area contributed by atoms with Crippen molar-refractivity contribution >= 4 is 5.78 Å². The summed E-state index contributed by atoms with van der Waals surface area (Å²) in [5, 5.41) is 0. The normalized spacial score (nSPS) is 9.81. The number of hydrogen-bond acceptors (Lipinski definition) is 2. The van der Waals surface area contributed by atoms with Crippen LogP contribution in [0.2, 0.25) is 0 Å². The molecule has 0 aliphatic carbocycles. The third kappa shape index (κ3) is 2.11. The van der Waals surface area contributed by atoms with Crippen molar-refractivity contribution in [3.05, 3.63) is 65.7 Å². The average molecular weight is 211 g/mol. The zero-order chi connectivity index (χ0) is 11.4. The highest BCUT2D eigenvalue weighted by Gasteiger charge is 2.07. The summed E-state index contributed by atoms with van der Waals surface area (Å²) < 4.78 is 5.04. The molecule has 0 radical (unpaired) electrons. The van der Waals surface area contributed by atoms with Crippen LogP contribution in [-0.4, -0.2) is 12.9 Å². The number of rotatable bonds is 3. The summed E-state index contributed by atoms with van der Waals surface area (Å²) >= 11 is 0. The van der Waals surface area contributed by atoms with Gasteiger partial charge in [0.2, 0.25) is 0 Å². The topological polar surface area (TPSA) is 26.3 Å². The summed E-state index contributed by atoms with van der Waals surface area (Å²) in [7, 11) is 1.61. The van der Waals surface area contributed by atoms with E-state index in [0.717, 1.165) is 5.75 Å². The van der Waals surface area contributed by atoms with Gasteiger partial charge >= 0.3 is 0 Å². The van der Waals surface area contributed by atoms with Gasteiger partial charge in [-0.2, -0.15) is 0 Å². The van der Waals surface area contributed by atoms with Crippen LogP contribution >= 0.6 is 0 Å². The van der Waals surface area contributed by atoms with Crippen LogP contribution in [0.5, 0.6) is 5.75 Å². The molecule has 2 rings (SSSR count). The highest BCUT2D eigenvalue weighted by Crippen LogP contribution is 2.14. The monoisotopic (exact) mass is 211 g/mol. The smallest absolute Gasteiger partial charge is 0.193 e. The number of ether oxygens (including phenoxy) is 1. The van der Waals surface area contributed by atoms with Gasteiger partial charge in [-0.3, -0.25) is 4.79 Å².